The van der Waals surface area contributed by atoms with E-state index in [9.17, 15) is 0 Å². The van der Waals surface area contributed by atoms with Gasteiger partial charge in [-0.25, -0.2) is 0 Å². The summed E-state index contributed by atoms with van der Waals surface area (Å²) in [6.45, 7) is 0. The molecule has 0 saturated heterocycles. The average Bonchev–Trinajstić information content (AvgIpc) is 3.73. The molecular formula is C48H34N2Si. The highest BCUT2D eigenvalue weighted by atomic mass is 28.3. The Bertz CT molecular complexity index is 2730. The SMILES string of the molecule is c1ccc(-n2c3cc([Si](c4ccccc4)(c4ccccc4)c4ccccc4)ccc3c3c2ccc2c4ccccc4n(-c4ccccc4)c23)cc1. The zero-order valence-corrected chi connectivity index (χ0v) is 29.0. The van der Waals surface area contributed by atoms with Crippen LogP contribution in [0.25, 0.3) is 55.0 Å². The number of nitrogens with zero attached hydrogens (tertiary/aromatic N) is 2. The monoisotopic (exact) mass is 666 g/mol. The molecule has 2 heterocycles. The fourth-order valence-electron chi connectivity index (χ4n) is 8.55. The number of aromatic nitrogens is 2. The van der Waals surface area contributed by atoms with Crippen LogP contribution in [0.2, 0.25) is 0 Å². The molecule has 8 aromatic carbocycles. The van der Waals surface area contributed by atoms with Crippen LogP contribution < -0.4 is 20.7 Å². The van der Waals surface area contributed by atoms with Gasteiger partial charge in [0, 0.05) is 32.9 Å². The minimum atomic E-state index is -2.75. The van der Waals surface area contributed by atoms with Gasteiger partial charge in [0.25, 0.3) is 0 Å². The second-order valence-electron chi connectivity index (χ2n) is 13.3. The minimum absolute atomic E-state index is 1.16. The zero-order valence-electron chi connectivity index (χ0n) is 28.0. The lowest BCUT2D eigenvalue weighted by molar-refractivity contribution is 1.17. The maximum atomic E-state index is 2.52. The van der Waals surface area contributed by atoms with Crippen molar-refractivity contribution < 1.29 is 0 Å². The first-order valence-corrected chi connectivity index (χ1v) is 19.6. The van der Waals surface area contributed by atoms with E-state index in [0.29, 0.717) is 0 Å². The quantitative estimate of drug-likeness (QED) is 0.124. The topological polar surface area (TPSA) is 9.86 Å². The summed E-state index contributed by atoms with van der Waals surface area (Å²) in [5.74, 6) is 0. The fourth-order valence-corrected chi connectivity index (χ4v) is 13.3. The third kappa shape index (κ3) is 4.42. The van der Waals surface area contributed by atoms with Gasteiger partial charge in [0.05, 0.1) is 22.1 Å². The van der Waals surface area contributed by atoms with Gasteiger partial charge < -0.3 is 9.13 Å². The minimum Gasteiger partial charge on any atom is -0.309 e. The standard InChI is InChI=1S/C48H34N2Si/c1-6-18-35(19-7-1)49-45-33-32-42-41-28-16-17-29-44(41)50(36-20-8-2-9-21-36)48(42)47(45)43-31-30-40(34-46(43)49)51(37-22-10-3-11-23-37,38-24-12-4-13-25-38)39-26-14-5-15-27-39/h1-34H. The molecule has 0 atom stereocenters. The van der Waals surface area contributed by atoms with Crippen LogP contribution in [0.3, 0.4) is 0 Å². The molecule has 0 aliphatic heterocycles. The molecule has 3 heteroatoms. The smallest absolute Gasteiger partial charge is 0.179 e. The third-order valence-corrected chi connectivity index (χ3v) is 15.4. The van der Waals surface area contributed by atoms with E-state index in [2.05, 4.69) is 215 Å². The van der Waals surface area contributed by atoms with Gasteiger partial charge in [-0.2, -0.15) is 0 Å². The van der Waals surface area contributed by atoms with Crippen molar-refractivity contribution in [2.24, 2.45) is 0 Å². The summed E-state index contributed by atoms with van der Waals surface area (Å²) < 4.78 is 4.95. The Morgan fingerprint density at radius 3 is 1.33 bits per heavy atom. The van der Waals surface area contributed by atoms with Crippen LogP contribution in [-0.2, 0) is 0 Å². The van der Waals surface area contributed by atoms with Crippen LogP contribution in [-0.4, -0.2) is 17.2 Å². The highest BCUT2D eigenvalue weighted by Gasteiger charge is 2.41. The van der Waals surface area contributed by atoms with Crippen molar-refractivity contribution >= 4 is 72.4 Å². The summed E-state index contributed by atoms with van der Waals surface area (Å²) in [7, 11) is -2.75. The number of hydrogen-bond acceptors (Lipinski definition) is 0. The lowest BCUT2D eigenvalue weighted by Gasteiger charge is -2.34. The Morgan fingerprint density at radius 2 is 0.765 bits per heavy atom. The zero-order chi connectivity index (χ0) is 33.8. The van der Waals surface area contributed by atoms with Crippen molar-refractivity contribution in [3.8, 4) is 11.4 Å². The Labute approximate surface area is 298 Å². The summed E-state index contributed by atoms with van der Waals surface area (Å²) in [5.41, 5.74) is 7.19. The number of benzene rings is 8. The van der Waals surface area contributed by atoms with Crippen LogP contribution in [0.1, 0.15) is 0 Å². The van der Waals surface area contributed by atoms with Crippen molar-refractivity contribution in [2.45, 2.75) is 0 Å². The Morgan fingerprint density at radius 1 is 0.294 bits per heavy atom. The van der Waals surface area contributed by atoms with Gasteiger partial charge in [0.15, 0.2) is 8.07 Å². The van der Waals surface area contributed by atoms with E-state index in [0.717, 1.165) is 11.4 Å². The van der Waals surface area contributed by atoms with Gasteiger partial charge in [-0.15, -0.1) is 0 Å². The van der Waals surface area contributed by atoms with Crippen molar-refractivity contribution in [2.75, 3.05) is 0 Å². The van der Waals surface area contributed by atoms with Gasteiger partial charge in [-0.1, -0.05) is 164 Å². The van der Waals surface area contributed by atoms with Crippen molar-refractivity contribution in [3.63, 3.8) is 0 Å². The predicted octanol–water partition coefficient (Wildman–Crippen LogP) is 9.26. The molecule has 0 saturated carbocycles. The van der Waals surface area contributed by atoms with Crippen molar-refractivity contribution in [1.82, 2.24) is 9.13 Å². The molecule has 10 aromatic rings. The van der Waals surface area contributed by atoms with Crippen LogP contribution >= 0.6 is 0 Å². The largest absolute Gasteiger partial charge is 0.309 e. The highest BCUT2D eigenvalue weighted by molar-refractivity contribution is 7.20. The van der Waals surface area contributed by atoms with Crippen LogP contribution in [0.15, 0.2) is 206 Å². The van der Waals surface area contributed by atoms with Crippen LogP contribution in [0, 0.1) is 0 Å². The molecule has 0 aliphatic carbocycles. The Kier molecular flexibility index (Phi) is 6.86. The molecule has 0 bridgehead atoms. The first-order chi connectivity index (χ1) is 25.3. The predicted molar refractivity (Wildman–Crippen MR) is 219 cm³/mol. The first-order valence-electron chi connectivity index (χ1n) is 17.6. The third-order valence-electron chi connectivity index (χ3n) is 10.6. The van der Waals surface area contributed by atoms with E-state index in [1.54, 1.807) is 0 Å². The molecule has 0 unspecified atom stereocenters. The van der Waals surface area contributed by atoms with Gasteiger partial charge in [-0.3, -0.25) is 0 Å². The van der Waals surface area contributed by atoms with Crippen LogP contribution in [0.4, 0.5) is 0 Å². The average molecular weight is 667 g/mol. The maximum Gasteiger partial charge on any atom is 0.179 e. The molecule has 0 N–H and O–H groups in total. The van der Waals surface area contributed by atoms with E-state index >= 15 is 0 Å². The molecule has 51 heavy (non-hydrogen) atoms. The van der Waals surface area contributed by atoms with E-state index in [1.165, 1.54) is 64.4 Å². The maximum absolute atomic E-state index is 2.75. The van der Waals surface area contributed by atoms with Crippen molar-refractivity contribution in [1.29, 1.82) is 0 Å². The van der Waals surface area contributed by atoms with E-state index < -0.39 is 8.07 Å². The Hall–Kier alpha value is -6.42. The molecule has 0 spiro atoms. The molecule has 10 rings (SSSR count). The fraction of sp³-hybridized carbons (Fsp3) is 0. The van der Waals surface area contributed by atoms with Gasteiger partial charge in [0.2, 0.25) is 0 Å². The van der Waals surface area contributed by atoms with E-state index in [1.807, 2.05) is 0 Å². The second-order valence-corrected chi connectivity index (χ2v) is 17.1. The molecular weight excluding hydrogens is 633 g/mol. The summed E-state index contributed by atoms with van der Waals surface area (Å²) in [6.07, 6.45) is 0. The molecule has 2 nitrogen and oxygen atoms in total. The summed E-state index contributed by atoms with van der Waals surface area (Å²) >= 11 is 0. The lowest BCUT2D eigenvalue weighted by atomic mass is 10.1. The molecule has 2 aromatic heterocycles. The number of rotatable bonds is 6. The molecule has 0 amide bonds. The van der Waals surface area contributed by atoms with Gasteiger partial charge >= 0.3 is 0 Å². The van der Waals surface area contributed by atoms with E-state index in [-0.39, 0.29) is 0 Å². The second kappa shape index (κ2) is 11.9. The molecule has 240 valence electrons. The normalized spacial score (nSPS) is 11.9. The summed E-state index contributed by atoms with van der Waals surface area (Å²) in [6, 6.07) is 76.1. The van der Waals surface area contributed by atoms with Crippen LogP contribution in [0.5, 0.6) is 0 Å². The highest BCUT2D eigenvalue weighted by Crippen LogP contribution is 2.41. The molecule has 0 fully saturated rings. The number of para-hydroxylation sites is 3. The number of hydrogen-bond donors (Lipinski definition) is 0. The van der Waals surface area contributed by atoms with Crippen molar-refractivity contribution in [3.05, 3.63) is 206 Å². The first kappa shape index (κ1) is 29.5. The number of fused-ring (bicyclic) bond motifs is 7. The van der Waals surface area contributed by atoms with Gasteiger partial charge in [0.1, 0.15) is 0 Å². The molecule has 0 radical (unpaired) electrons. The summed E-state index contributed by atoms with van der Waals surface area (Å²) in [4.78, 5) is 0. The molecule has 0 aliphatic rings. The van der Waals surface area contributed by atoms with E-state index in [4.69, 9.17) is 0 Å². The summed E-state index contributed by atoms with van der Waals surface area (Å²) in [5, 5.41) is 10.5. The van der Waals surface area contributed by atoms with Gasteiger partial charge in [-0.05, 0) is 63.2 Å². The Balaban J connectivity index is 1.39. The lowest BCUT2D eigenvalue weighted by Crippen LogP contribution is -2.74.